The maximum atomic E-state index is 13.2. The summed E-state index contributed by atoms with van der Waals surface area (Å²) in [5.74, 6) is -0.0279. The number of urea groups is 1. The first-order valence-electron chi connectivity index (χ1n) is 10.3. The van der Waals surface area contributed by atoms with Gasteiger partial charge in [-0.25, -0.2) is 9.18 Å². The van der Waals surface area contributed by atoms with Gasteiger partial charge in [-0.15, -0.1) is 0 Å². The second-order valence-corrected chi connectivity index (χ2v) is 7.79. The lowest BCUT2D eigenvalue weighted by atomic mass is 9.97. The van der Waals surface area contributed by atoms with Gasteiger partial charge >= 0.3 is 6.03 Å². The molecule has 0 bridgehead atoms. The van der Waals surface area contributed by atoms with Gasteiger partial charge in [0.2, 0.25) is 0 Å². The summed E-state index contributed by atoms with van der Waals surface area (Å²) in [5, 5.41) is 15.9. The zero-order valence-electron chi connectivity index (χ0n) is 16.7. The minimum Gasteiger partial charge on any atom is -0.392 e. The van der Waals surface area contributed by atoms with Gasteiger partial charge in [-0.3, -0.25) is 0 Å². The molecule has 5 nitrogen and oxygen atoms in total. The first-order valence-corrected chi connectivity index (χ1v) is 10.3. The molecule has 2 atom stereocenters. The Kier molecular flexibility index (Phi) is 8.02. The van der Waals surface area contributed by atoms with E-state index in [0.29, 0.717) is 24.7 Å². The summed E-state index contributed by atoms with van der Waals surface area (Å²) >= 11 is 0. The Bertz CT molecular complexity index is 772. The molecule has 3 rings (SSSR count). The second kappa shape index (κ2) is 10.9. The van der Waals surface area contributed by atoms with E-state index < -0.39 is 0 Å². The zero-order chi connectivity index (χ0) is 20.5. The van der Waals surface area contributed by atoms with Gasteiger partial charge in [0.25, 0.3) is 0 Å². The molecule has 1 fully saturated rings. The zero-order valence-corrected chi connectivity index (χ0v) is 16.7. The maximum absolute atomic E-state index is 13.2. The molecule has 29 heavy (non-hydrogen) atoms. The number of aliphatic hydroxyl groups is 1. The van der Waals surface area contributed by atoms with Crippen molar-refractivity contribution in [2.75, 3.05) is 31.5 Å². The van der Waals surface area contributed by atoms with Crippen LogP contribution in [0.15, 0.2) is 54.6 Å². The highest BCUT2D eigenvalue weighted by atomic mass is 19.1. The third-order valence-corrected chi connectivity index (χ3v) is 5.31. The van der Waals surface area contributed by atoms with Crippen molar-refractivity contribution in [3.8, 4) is 0 Å². The monoisotopic (exact) mass is 399 g/mol. The number of anilines is 1. The van der Waals surface area contributed by atoms with E-state index in [1.54, 1.807) is 12.1 Å². The molecule has 1 aliphatic heterocycles. The molecule has 6 heteroatoms. The first-order chi connectivity index (χ1) is 14.1. The van der Waals surface area contributed by atoms with E-state index in [4.69, 9.17) is 0 Å². The predicted molar refractivity (Wildman–Crippen MR) is 113 cm³/mol. The first kappa shape index (κ1) is 21.3. The average Bonchev–Trinajstić information content (AvgIpc) is 2.72. The van der Waals surface area contributed by atoms with Crippen molar-refractivity contribution < 1.29 is 14.3 Å². The number of amides is 2. The number of aryl methyl sites for hydroxylation is 1. The van der Waals surface area contributed by atoms with Gasteiger partial charge in [0.05, 0.1) is 6.10 Å². The third kappa shape index (κ3) is 7.48. The van der Waals surface area contributed by atoms with E-state index >= 15 is 0 Å². The molecule has 2 amide bonds. The molecule has 1 saturated heterocycles. The Morgan fingerprint density at radius 2 is 2.03 bits per heavy atom. The van der Waals surface area contributed by atoms with Crippen LogP contribution >= 0.6 is 0 Å². The van der Waals surface area contributed by atoms with Gasteiger partial charge < -0.3 is 20.6 Å². The van der Waals surface area contributed by atoms with E-state index in [2.05, 4.69) is 27.7 Å². The molecule has 156 valence electrons. The normalized spacial score (nSPS) is 18.2. The molecule has 0 aliphatic carbocycles. The van der Waals surface area contributed by atoms with Gasteiger partial charge in [-0.1, -0.05) is 36.4 Å². The van der Waals surface area contributed by atoms with Crippen LogP contribution in [0.3, 0.4) is 0 Å². The van der Waals surface area contributed by atoms with E-state index in [0.717, 1.165) is 38.8 Å². The Morgan fingerprint density at radius 1 is 1.21 bits per heavy atom. The van der Waals surface area contributed by atoms with E-state index in [1.807, 2.05) is 18.2 Å². The second-order valence-electron chi connectivity index (χ2n) is 7.79. The Hall–Kier alpha value is -2.44. The number of β-amino-alcohol motifs (C(OH)–C–C–N with tert-alkyl or cyclic N) is 1. The van der Waals surface area contributed by atoms with Crippen molar-refractivity contribution in [2.45, 2.75) is 31.8 Å². The van der Waals surface area contributed by atoms with Crippen molar-refractivity contribution in [1.29, 1.82) is 0 Å². The van der Waals surface area contributed by atoms with E-state index in [-0.39, 0.29) is 18.0 Å². The number of hydrogen-bond donors (Lipinski definition) is 3. The number of hydrogen-bond acceptors (Lipinski definition) is 3. The largest absolute Gasteiger partial charge is 0.392 e. The van der Waals surface area contributed by atoms with Crippen LogP contribution in [0.2, 0.25) is 0 Å². The number of piperidine rings is 1. The lowest BCUT2D eigenvalue weighted by molar-refractivity contribution is 0.0797. The molecule has 0 radical (unpaired) electrons. The molecule has 2 aromatic carbocycles. The van der Waals surface area contributed by atoms with Crippen molar-refractivity contribution in [3.05, 3.63) is 66.0 Å². The summed E-state index contributed by atoms with van der Waals surface area (Å²) < 4.78 is 13.2. The topological polar surface area (TPSA) is 64.6 Å². The van der Waals surface area contributed by atoms with Crippen molar-refractivity contribution in [3.63, 3.8) is 0 Å². The number of likely N-dealkylation sites (tertiary alicyclic amines) is 1. The quantitative estimate of drug-likeness (QED) is 0.635. The Balaban J connectivity index is 1.36. The number of aliphatic hydroxyl groups excluding tert-OH is 1. The molecule has 0 aromatic heterocycles. The molecule has 1 aliphatic rings. The van der Waals surface area contributed by atoms with Crippen LogP contribution in [-0.2, 0) is 6.42 Å². The molecular formula is C23H30FN3O2. The summed E-state index contributed by atoms with van der Waals surface area (Å²) in [4.78, 5) is 14.3. The van der Waals surface area contributed by atoms with Crippen LogP contribution in [0.1, 0.15) is 24.8 Å². The molecule has 2 aromatic rings. The van der Waals surface area contributed by atoms with Gasteiger partial charge in [0.1, 0.15) is 5.82 Å². The average molecular weight is 400 g/mol. The fourth-order valence-electron chi connectivity index (χ4n) is 3.83. The van der Waals surface area contributed by atoms with Gasteiger partial charge in [0, 0.05) is 25.3 Å². The Morgan fingerprint density at radius 3 is 2.83 bits per heavy atom. The van der Waals surface area contributed by atoms with Gasteiger partial charge in [0.15, 0.2) is 0 Å². The number of carbonyl (C=O) groups is 1. The van der Waals surface area contributed by atoms with E-state index in [1.165, 1.54) is 17.7 Å². The fraction of sp³-hybridized carbons (Fsp3) is 0.435. The smallest absolute Gasteiger partial charge is 0.319 e. The lowest BCUT2D eigenvalue weighted by Crippen LogP contribution is -2.44. The van der Waals surface area contributed by atoms with Crippen LogP contribution in [-0.4, -0.2) is 48.3 Å². The lowest BCUT2D eigenvalue weighted by Gasteiger charge is -2.34. The maximum Gasteiger partial charge on any atom is 0.319 e. The molecule has 0 unspecified atom stereocenters. The van der Waals surface area contributed by atoms with Crippen LogP contribution < -0.4 is 10.6 Å². The number of rotatable bonds is 8. The Labute approximate surface area is 171 Å². The van der Waals surface area contributed by atoms with Crippen LogP contribution in [0.5, 0.6) is 0 Å². The van der Waals surface area contributed by atoms with Crippen LogP contribution in [0.4, 0.5) is 14.9 Å². The predicted octanol–water partition coefficient (Wildman–Crippen LogP) is 3.65. The molecule has 0 spiro atoms. The summed E-state index contributed by atoms with van der Waals surface area (Å²) in [7, 11) is 0. The molecule has 0 saturated carbocycles. The minimum atomic E-state index is -0.378. The molecule has 3 N–H and O–H groups in total. The van der Waals surface area contributed by atoms with Crippen molar-refractivity contribution in [1.82, 2.24) is 10.2 Å². The number of nitrogens with one attached hydrogen (secondary N) is 2. The highest BCUT2D eigenvalue weighted by Gasteiger charge is 2.22. The number of benzene rings is 2. The molecular weight excluding hydrogens is 369 g/mol. The number of halogens is 1. The summed E-state index contributed by atoms with van der Waals surface area (Å²) in [6.07, 6.45) is 3.39. The fourth-order valence-corrected chi connectivity index (χ4v) is 3.83. The number of carbonyl (C=O) groups excluding carboxylic acids is 1. The number of nitrogens with zero attached hydrogens (tertiary/aromatic N) is 1. The van der Waals surface area contributed by atoms with Gasteiger partial charge in [-0.05, 0) is 61.9 Å². The molecule has 1 heterocycles. The summed E-state index contributed by atoms with van der Waals surface area (Å²) in [6.45, 7) is 3.08. The van der Waals surface area contributed by atoms with E-state index in [9.17, 15) is 14.3 Å². The summed E-state index contributed by atoms with van der Waals surface area (Å²) in [5.41, 5.74) is 1.69. The van der Waals surface area contributed by atoms with Crippen LogP contribution in [0.25, 0.3) is 0 Å². The SMILES string of the molecule is O=C(NC[C@H]1CCCN(C[C@H](O)CCc2ccccc2)C1)Nc1cccc(F)c1. The third-order valence-electron chi connectivity index (χ3n) is 5.31. The minimum absolute atomic E-state index is 0.324. The standard InChI is InChI=1S/C23H30FN3O2/c24-20-9-4-10-21(14-20)26-23(29)25-15-19-8-5-13-27(16-19)17-22(28)12-11-18-6-2-1-3-7-18/h1-4,6-7,9-10,14,19,22,28H,5,8,11-13,15-17H2,(H2,25,26,29)/t19-,22-/m1/s1. The summed E-state index contributed by atoms with van der Waals surface area (Å²) in [6, 6.07) is 15.7. The highest BCUT2D eigenvalue weighted by molar-refractivity contribution is 5.89. The highest BCUT2D eigenvalue weighted by Crippen LogP contribution is 2.17. The van der Waals surface area contributed by atoms with Crippen molar-refractivity contribution >= 4 is 11.7 Å². The van der Waals surface area contributed by atoms with Gasteiger partial charge in [-0.2, -0.15) is 0 Å². The van der Waals surface area contributed by atoms with Crippen LogP contribution in [0, 0.1) is 11.7 Å². The van der Waals surface area contributed by atoms with Crippen molar-refractivity contribution in [2.24, 2.45) is 5.92 Å².